The Kier molecular flexibility index (Phi) is 4.34. The predicted octanol–water partition coefficient (Wildman–Crippen LogP) is 2.80. The first-order valence-corrected chi connectivity index (χ1v) is 8.73. The Morgan fingerprint density at radius 1 is 1.10 bits per heavy atom. The first-order valence-electron chi connectivity index (χ1n) is 8.73. The highest BCUT2D eigenvalue weighted by Crippen LogP contribution is 2.40. The van der Waals surface area contributed by atoms with E-state index < -0.39 is 0 Å². The van der Waals surface area contributed by atoms with Crippen molar-refractivity contribution >= 4 is 5.91 Å². The Bertz CT molecular complexity index is 321. The Morgan fingerprint density at radius 2 is 1.65 bits per heavy atom. The Morgan fingerprint density at radius 3 is 2.10 bits per heavy atom. The first kappa shape index (κ1) is 14.4. The van der Waals surface area contributed by atoms with Gasteiger partial charge in [-0.3, -0.25) is 4.79 Å². The number of piperidine rings is 1. The van der Waals surface area contributed by atoms with E-state index in [1.54, 1.807) is 0 Å². The van der Waals surface area contributed by atoms with Gasteiger partial charge >= 0.3 is 0 Å². The van der Waals surface area contributed by atoms with Gasteiger partial charge in [-0.05, 0) is 69.9 Å². The smallest absolute Gasteiger partial charge is 0.228 e. The molecule has 3 rings (SSSR count). The highest BCUT2D eigenvalue weighted by Gasteiger charge is 2.43. The number of rotatable bonds is 7. The summed E-state index contributed by atoms with van der Waals surface area (Å²) in [4.78, 5) is 15.5. The van der Waals surface area contributed by atoms with E-state index in [9.17, 15) is 4.79 Å². The van der Waals surface area contributed by atoms with Gasteiger partial charge in [-0.2, -0.15) is 0 Å². The number of nitrogens with one attached hydrogen (secondary N) is 1. The van der Waals surface area contributed by atoms with Crippen molar-refractivity contribution in [3.63, 3.8) is 0 Å². The van der Waals surface area contributed by atoms with Gasteiger partial charge in [0.2, 0.25) is 5.91 Å². The molecule has 3 heteroatoms. The van der Waals surface area contributed by atoms with Crippen molar-refractivity contribution in [1.82, 2.24) is 10.2 Å². The molecule has 0 aromatic rings. The van der Waals surface area contributed by atoms with Gasteiger partial charge in [0.05, 0.1) is 5.41 Å². The molecule has 3 nitrogen and oxygen atoms in total. The molecule has 0 unspecified atom stereocenters. The molecular formula is C17H30N2O. The summed E-state index contributed by atoms with van der Waals surface area (Å²) in [5.41, 5.74) is -0.0379. The molecule has 114 valence electrons. The second kappa shape index (κ2) is 6.05. The number of amides is 1. The molecule has 0 spiro atoms. The molecule has 1 amide bonds. The third-order valence-electron chi connectivity index (χ3n) is 5.38. The van der Waals surface area contributed by atoms with E-state index in [1.807, 2.05) is 0 Å². The fourth-order valence-electron chi connectivity index (χ4n) is 3.75. The summed E-state index contributed by atoms with van der Waals surface area (Å²) in [6.07, 6.45) is 9.68. The van der Waals surface area contributed by atoms with Crippen LogP contribution in [-0.2, 0) is 4.79 Å². The van der Waals surface area contributed by atoms with Crippen LogP contribution in [0.15, 0.2) is 0 Å². The lowest BCUT2D eigenvalue weighted by atomic mass is 9.74. The van der Waals surface area contributed by atoms with Crippen LogP contribution >= 0.6 is 0 Å². The molecule has 0 aromatic heterocycles. The minimum absolute atomic E-state index is 0.0379. The van der Waals surface area contributed by atoms with Crippen molar-refractivity contribution in [1.29, 1.82) is 0 Å². The number of carbonyl (C=O) groups is 1. The number of carbonyl (C=O) groups excluding carboxylic acids is 1. The van der Waals surface area contributed by atoms with Crippen LogP contribution in [-0.4, -0.2) is 37.0 Å². The maximum absolute atomic E-state index is 13.2. The summed E-state index contributed by atoms with van der Waals surface area (Å²) in [7, 11) is 0. The van der Waals surface area contributed by atoms with Gasteiger partial charge in [0, 0.05) is 13.1 Å². The molecule has 1 N–H and O–H groups in total. The van der Waals surface area contributed by atoms with Gasteiger partial charge < -0.3 is 10.2 Å². The molecule has 2 aliphatic carbocycles. The van der Waals surface area contributed by atoms with Crippen LogP contribution in [0.4, 0.5) is 0 Å². The topological polar surface area (TPSA) is 32.3 Å². The molecule has 0 atom stereocenters. The van der Waals surface area contributed by atoms with E-state index >= 15 is 0 Å². The van der Waals surface area contributed by atoms with Crippen LogP contribution in [0.1, 0.15) is 58.3 Å². The predicted molar refractivity (Wildman–Crippen MR) is 81.5 cm³/mol. The second-order valence-electron chi connectivity index (χ2n) is 7.38. The monoisotopic (exact) mass is 278 g/mol. The SMILES string of the molecule is CCCC1(C(=O)N(CC2CC2)CC2CC2)CCNCC1. The molecular weight excluding hydrogens is 248 g/mol. The lowest BCUT2D eigenvalue weighted by molar-refractivity contribution is -0.145. The molecule has 0 radical (unpaired) electrons. The number of hydrogen-bond donors (Lipinski definition) is 1. The normalized spacial score (nSPS) is 25.4. The van der Waals surface area contributed by atoms with Gasteiger partial charge in [0.25, 0.3) is 0 Å². The van der Waals surface area contributed by atoms with Crippen molar-refractivity contribution in [2.75, 3.05) is 26.2 Å². The lowest BCUT2D eigenvalue weighted by Gasteiger charge is -2.40. The minimum Gasteiger partial charge on any atom is -0.342 e. The fourth-order valence-corrected chi connectivity index (χ4v) is 3.75. The summed E-state index contributed by atoms with van der Waals surface area (Å²) in [5.74, 6) is 2.14. The molecule has 0 aromatic carbocycles. The summed E-state index contributed by atoms with van der Waals surface area (Å²) < 4.78 is 0. The molecule has 1 heterocycles. The lowest BCUT2D eigenvalue weighted by Crippen LogP contribution is -2.50. The van der Waals surface area contributed by atoms with Crippen molar-refractivity contribution in [2.24, 2.45) is 17.3 Å². The quantitative estimate of drug-likeness (QED) is 0.776. The summed E-state index contributed by atoms with van der Waals surface area (Å²) >= 11 is 0. The maximum Gasteiger partial charge on any atom is 0.228 e. The van der Waals surface area contributed by atoms with Crippen LogP contribution in [0.2, 0.25) is 0 Å². The Hall–Kier alpha value is -0.570. The third-order valence-corrected chi connectivity index (χ3v) is 5.38. The van der Waals surface area contributed by atoms with Crippen molar-refractivity contribution in [3.05, 3.63) is 0 Å². The zero-order valence-corrected chi connectivity index (χ0v) is 13.0. The van der Waals surface area contributed by atoms with E-state index in [-0.39, 0.29) is 5.41 Å². The van der Waals surface area contributed by atoms with E-state index in [2.05, 4.69) is 17.1 Å². The van der Waals surface area contributed by atoms with E-state index in [4.69, 9.17) is 0 Å². The van der Waals surface area contributed by atoms with Crippen LogP contribution < -0.4 is 5.32 Å². The summed E-state index contributed by atoms with van der Waals surface area (Å²) in [6.45, 7) is 6.37. The summed E-state index contributed by atoms with van der Waals surface area (Å²) in [6, 6.07) is 0. The average molecular weight is 278 g/mol. The molecule has 3 fully saturated rings. The highest BCUT2D eigenvalue weighted by atomic mass is 16.2. The maximum atomic E-state index is 13.2. The van der Waals surface area contributed by atoms with Gasteiger partial charge in [-0.25, -0.2) is 0 Å². The second-order valence-corrected chi connectivity index (χ2v) is 7.38. The van der Waals surface area contributed by atoms with Crippen LogP contribution in [0.3, 0.4) is 0 Å². The van der Waals surface area contributed by atoms with Crippen molar-refractivity contribution in [2.45, 2.75) is 58.3 Å². The fraction of sp³-hybridized carbons (Fsp3) is 0.941. The average Bonchev–Trinajstić information content (AvgIpc) is 3.34. The van der Waals surface area contributed by atoms with E-state index in [0.29, 0.717) is 5.91 Å². The highest BCUT2D eigenvalue weighted by molar-refractivity contribution is 5.83. The van der Waals surface area contributed by atoms with Gasteiger partial charge in [-0.1, -0.05) is 13.3 Å². The first-order chi connectivity index (χ1) is 9.73. The van der Waals surface area contributed by atoms with Crippen LogP contribution in [0.25, 0.3) is 0 Å². The largest absolute Gasteiger partial charge is 0.342 e. The van der Waals surface area contributed by atoms with Crippen LogP contribution in [0.5, 0.6) is 0 Å². The zero-order chi connectivity index (χ0) is 14.0. The molecule has 20 heavy (non-hydrogen) atoms. The van der Waals surface area contributed by atoms with Crippen molar-refractivity contribution in [3.8, 4) is 0 Å². The Labute approximate surface area is 123 Å². The van der Waals surface area contributed by atoms with E-state index in [0.717, 1.165) is 63.7 Å². The molecule has 0 bridgehead atoms. The van der Waals surface area contributed by atoms with Gasteiger partial charge in [0.15, 0.2) is 0 Å². The standard InChI is InChI=1S/C17H30N2O/c1-2-7-17(8-10-18-11-9-17)16(20)19(12-14-3-4-14)13-15-5-6-15/h14-15,18H,2-13H2,1H3. The number of hydrogen-bond acceptors (Lipinski definition) is 2. The molecule has 3 aliphatic rings. The molecule has 1 aliphatic heterocycles. The molecule has 1 saturated heterocycles. The zero-order valence-electron chi connectivity index (χ0n) is 13.0. The van der Waals surface area contributed by atoms with Gasteiger partial charge in [-0.15, -0.1) is 0 Å². The van der Waals surface area contributed by atoms with Gasteiger partial charge in [0.1, 0.15) is 0 Å². The minimum atomic E-state index is -0.0379. The van der Waals surface area contributed by atoms with E-state index in [1.165, 1.54) is 25.7 Å². The van der Waals surface area contributed by atoms with Crippen molar-refractivity contribution < 1.29 is 4.79 Å². The Balaban J connectivity index is 1.69. The summed E-state index contributed by atoms with van der Waals surface area (Å²) in [5, 5.41) is 3.43. The van der Waals surface area contributed by atoms with Crippen LogP contribution in [0, 0.1) is 17.3 Å². The number of nitrogens with zero attached hydrogens (tertiary/aromatic N) is 1. The molecule has 2 saturated carbocycles. The third kappa shape index (κ3) is 3.36.